The molecule has 2 aliphatic rings. The Hall–Kier alpha value is -1.53. The van der Waals surface area contributed by atoms with E-state index >= 15 is 0 Å². The average molecular weight is 329 g/mol. The maximum Gasteiger partial charge on any atom is 0.132 e. The Bertz CT molecular complexity index is 643. The molecule has 4 heterocycles. The first-order chi connectivity index (χ1) is 11.2. The quantitative estimate of drug-likeness (QED) is 0.863. The van der Waals surface area contributed by atoms with Crippen LogP contribution in [-0.2, 0) is 6.54 Å². The van der Waals surface area contributed by atoms with Gasteiger partial charge in [-0.15, -0.1) is 0 Å². The van der Waals surface area contributed by atoms with E-state index in [0.29, 0.717) is 5.92 Å². The minimum absolute atomic E-state index is 0.452. The standard InChI is InChI=1S/C17H23N5S/c1-12(2)16-3-17(19-11-18-16)22-8-14-6-21(7-15(14)9-22)5-13-4-20-23-10-13/h3-4,10-12,14-15H,5-9H2,1-2H3. The SMILES string of the molecule is CC(C)c1cc(N2CC3CN(Cc4cnsc4)CC3C2)ncn1. The molecule has 2 unspecified atom stereocenters. The third-order valence-electron chi connectivity index (χ3n) is 5.04. The molecule has 2 aromatic rings. The van der Waals surface area contributed by atoms with Crippen LogP contribution in [0.15, 0.2) is 24.0 Å². The van der Waals surface area contributed by atoms with Crippen molar-refractivity contribution in [2.45, 2.75) is 26.3 Å². The molecule has 23 heavy (non-hydrogen) atoms. The van der Waals surface area contributed by atoms with Gasteiger partial charge in [-0.3, -0.25) is 4.90 Å². The second kappa shape index (κ2) is 6.17. The van der Waals surface area contributed by atoms with E-state index in [1.165, 1.54) is 18.7 Å². The zero-order valence-electron chi connectivity index (χ0n) is 13.7. The van der Waals surface area contributed by atoms with Crippen LogP contribution < -0.4 is 4.90 Å². The van der Waals surface area contributed by atoms with Gasteiger partial charge in [-0.1, -0.05) is 13.8 Å². The summed E-state index contributed by atoms with van der Waals surface area (Å²) in [6.07, 6.45) is 3.72. The summed E-state index contributed by atoms with van der Waals surface area (Å²) in [7, 11) is 0. The van der Waals surface area contributed by atoms with Crippen molar-refractivity contribution in [2.24, 2.45) is 11.8 Å². The number of hydrogen-bond acceptors (Lipinski definition) is 6. The maximum atomic E-state index is 4.51. The summed E-state index contributed by atoms with van der Waals surface area (Å²) in [6.45, 7) is 10.0. The van der Waals surface area contributed by atoms with E-state index in [-0.39, 0.29) is 0 Å². The van der Waals surface area contributed by atoms with Crippen molar-refractivity contribution in [1.29, 1.82) is 0 Å². The van der Waals surface area contributed by atoms with Crippen molar-refractivity contribution in [3.63, 3.8) is 0 Å². The second-order valence-electron chi connectivity index (χ2n) is 7.11. The minimum atomic E-state index is 0.452. The second-order valence-corrected chi connectivity index (χ2v) is 7.77. The topological polar surface area (TPSA) is 45.2 Å². The van der Waals surface area contributed by atoms with Crippen molar-refractivity contribution in [3.05, 3.63) is 35.2 Å². The van der Waals surface area contributed by atoms with E-state index in [1.54, 1.807) is 17.9 Å². The van der Waals surface area contributed by atoms with Gasteiger partial charge in [0.15, 0.2) is 0 Å². The Labute approximate surface area is 141 Å². The number of fused-ring (bicyclic) bond motifs is 1. The highest BCUT2D eigenvalue weighted by Gasteiger charge is 2.40. The highest BCUT2D eigenvalue weighted by Crippen LogP contribution is 2.34. The van der Waals surface area contributed by atoms with Gasteiger partial charge in [0, 0.05) is 56.1 Å². The Kier molecular flexibility index (Phi) is 4.03. The lowest BCUT2D eigenvalue weighted by molar-refractivity contribution is 0.309. The van der Waals surface area contributed by atoms with Gasteiger partial charge in [-0.25, -0.2) is 14.3 Å². The van der Waals surface area contributed by atoms with Crippen molar-refractivity contribution in [3.8, 4) is 0 Å². The predicted octanol–water partition coefficient (Wildman–Crippen LogP) is 2.62. The lowest BCUT2D eigenvalue weighted by Crippen LogP contribution is -2.29. The normalized spacial score (nSPS) is 24.6. The van der Waals surface area contributed by atoms with Crippen LogP contribution in [0.1, 0.15) is 31.0 Å². The number of nitrogens with zero attached hydrogens (tertiary/aromatic N) is 5. The lowest BCUT2D eigenvalue weighted by atomic mass is 10.0. The predicted molar refractivity (Wildman–Crippen MR) is 92.7 cm³/mol. The highest BCUT2D eigenvalue weighted by atomic mass is 32.1. The van der Waals surface area contributed by atoms with Crippen molar-refractivity contribution < 1.29 is 0 Å². The molecule has 0 spiro atoms. The molecule has 2 fully saturated rings. The number of rotatable bonds is 4. The van der Waals surface area contributed by atoms with Crippen LogP contribution in [0.3, 0.4) is 0 Å². The first-order valence-electron chi connectivity index (χ1n) is 8.36. The van der Waals surface area contributed by atoms with Crippen LogP contribution >= 0.6 is 11.5 Å². The van der Waals surface area contributed by atoms with Crippen LogP contribution in [0.5, 0.6) is 0 Å². The van der Waals surface area contributed by atoms with Gasteiger partial charge in [0.2, 0.25) is 0 Å². The summed E-state index contributed by atoms with van der Waals surface area (Å²) in [5, 5.41) is 2.16. The first-order valence-corrected chi connectivity index (χ1v) is 9.20. The number of aromatic nitrogens is 3. The summed E-state index contributed by atoms with van der Waals surface area (Å²) >= 11 is 1.55. The molecule has 0 aromatic carbocycles. The fourth-order valence-electron chi connectivity index (χ4n) is 3.82. The summed E-state index contributed by atoms with van der Waals surface area (Å²) in [4.78, 5) is 13.9. The Balaban J connectivity index is 1.39. The molecule has 0 aliphatic carbocycles. The molecular weight excluding hydrogens is 306 g/mol. The third kappa shape index (κ3) is 3.10. The largest absolute Gasteiger partial charge is 0.356 e. The van der Waals surface area contributed by atoms with Gasteiger partial charge in [-0.2, -0.15) is 0 Å². The van der Waals surface area contributed by atoms with Gasteiger partial charge in [-0.05, 0) is 34.8 Å². The molecular formula is C17H23N5S. The van der Waals surface area contributed by atoms with Gasteiger partial charge in [0.25, 0.3) is 0 Å². The summed E-state index contributed by atoms with van der Waals surface area (Å²) < 4.78 is 4.20. The van der Waals surface area contributed by atoms with Gasteiger partial charge < -0.3 is 4.90 Å². The Morgan fingerprint density at radius 1 is 1.17 bits per heavy atom. The molecule has 4 rings (SSSR count). The van der Waals surface area contributed by atoms with E-state index in [1.807, 2.05) is 6.20 Å². The highest BCUT2D eigenvalue weighted by molar-refractivity contribution is 7.03. The fraction of sp³-hybridized carbons (Fsp3) is 0.588. The van der Waals surface area contributed by atoms with Crippen LogP contribution in [0.25, 0.3) is 0 Å². The van der Waals surface area contributed by atoms with E-state index < -0.39 is 0 Å². The Morgan fingerprint density at radius 2 is 1.96 bits per heavy atom. The van der Waals surface area contributed by atoms with Crippen LogP contribution in [0, 0.1) is 11.8 Å². The molecule has 0 N–H and O–H groups in total. The molecule has 2 atom stereocenters. The van der Waals surface area contributed by atoms with Gasteiger partial charge >= 0.3 is 0 Å². The molecule has 6 heteroatoms. The van der Waals surface area contributed by atoms with Crippen molar-refractivity contribution in [1.82, 2.24) is 19.2 Å². The number of anilines is 1. The summed E-state index contributed by atoms with van der Waals surface area (Å²) in [6, 6.07) is 2.17. The van der Waals surface area contributed by atoms with Gasteiger partial charge in [0.05, 0.1) is 0 Å². The van der Waals surface area contributed by atoms with E-state index in [4.69, 9.17) is 0 Å². The lowest BCUT2D eigenvalue weighted by Gasteiger charge is -2.22. The summed E-state index contributed by atoms with van der Waals surface area (Å²) in [5.74, 6) is 3.08. The molecule has 0 amide bonds. The molecule has 0 radical (unpaired) electrons. The average Bonchev–Trinajstić information content (AvgIpc) is 3.24. The fourth-order valence-corrected chi connectivity index (χ4v) is 4.35. The monoisotopic (exact) mass is 329 g/mol. The van der Waals surface area contributed by atoms with Crippen molar-refractivity contribution in [2.75, 3.05) is 31.1 Å². The Morgan fingerprint density at radius 3 is 2.61 bits per heavy atom. The molecule has 2 aliphatic heterocycles. The molecule has 0 bridgehead atoms. The number of hydrogen-bond donors (Lipinski definition) is 0. The van der Waals surface area contributed by atoms with E-state index in [9.17, 15) is 0 Å². The maximum absolute atomic E-state index is 4.51. The molecule has 2 saturated heterocycles. The van der Waals surface area contributed by atoms with Gasteiger partial charge in [0.1, 0.15) is 12.1 Å². The summed E-state index contributed by atoms with van der Waals surface area (Å²) in [5.41, 5.74) is 2.49. The molecule has 2 aromatic heterocycles. The molecule has 122 valence electrons. The van der Waals surface area contributed by atoms with Crippen LogP contribution in [0.4, 0.5) is 5.82 Å². The minimum Gasteiger partial charge on any atom is -0.356 e. The van der Waals surface area contributed by atoms with Crippen molar-refractivity contribution >= 4 is 17.4 Å². The van der Waals surface area contributed by atoms with Crippen LogP contribution in [0.2, 0.25) is 0 Å². The zero-order valence-corrected chi connectivity index (χ0v) is 14.5. The number of likely N-dealkylation sites (tertiary alicyclic amines) is 1. The third-order valence-corrected chi connectivity index (χ3v) is 5.68. The zero-order chi connectivity index (χ0) is 15.8. The van der Waals surface area contributed by atoms with E-state index in [2.05, 4.69) is 49.4 Å². The van der Waals surface area contributed by atoms with E-state index in [0.717, 1.165) is 43.0 Å². The molecule has 5 nitrogen and oxygen atoms in total. The molecule has 0 saturated carbocycles. The van der Waals surface area contributed by atoms with Crippen LogP contribution in [-0.4, -0.2) is 45.4 Å². The smallest absolute Gasteiger partial charge is 0.132 e. The first kappa shape index (κ1) is 15.0.